The molecule has 1 spiro atoms. The Kier molecular flexibility index (Phi) is 3.29. The number of nitrogens with zero attached hydrogens (tertiary/aromatic N) is 2. The van der Waals surface area contributed by atoms with Crippen molar-refractivity contribution in [3.8, 4) is 0 Å². The van der Waals surface area contributed by atoms with Crippen LogP contribution in [0.25, 0.3) is 0 Å². The number of fused-ring (bicyclic) bond motifs is 2. The molecule has 5 heteroatoms. The lowest BCUT2D eigenvalue weighted by atomic mass is 9.73. The van der Waals surface area contributed by atoms with Crippen LogP contribution in [0.15, 0.2) is 24.3 Å². The van der Waals surface area contributed by atoms with E-state index in [9.17, 15) is 14.7 Å². The summed E-state index contributed by atoms with van der Waals surface area (Å²) in [6.45, 7) is 8.10. The molecule has 3 rings (SSSR count). The molecule has 0 atom stereocenters. The third-order valence-electron chi connectivity index (χ3n) is 5.03. The molecule has 22 heavy (non-hydrogen) atoms. The third kappa shape index (κ3) is 2.03. The number of benzene rings is 1. The number of carboxylic acid groups (broad SMARTS) is 1. The number of hydrogen-bond donors (Lipinski definition) is 1. The number of amides is 2. The number of hydrogen-bond acceptors (Lipinski definition) is 3. The zero-order valence-electron chi connectivity index (χ0n) is 13.3. The second-order valence-electron chi connectivity index (χ2n) is 7.18. The maximum atomic E-state index is 12.9. The van der Waals surface area contributed by atoms with E-state index in [1.165, 1.54) is 0 Å². The molecule has 1 saturated heterocycles. The summed E-state index contributed by atoms with van der Waals surface area (Å²) in [7, 11) is 0. The van der Waals surface area contributed by atoms with Gasteiger partial charge in [-0.3, -0.25) is 9.69 Å². The minimum atomic E-state index is -1.19. The summed E-state index contributed by atoms with van der Waals surface area (Å²) >= 11 is 0. The number of para-hydroxylation sites is 1. The Bertz CT molecular complexity index is 625. The van der Waals surface area contributed by atoms with Crippen LogP contribution in [0, 0.1) is 0 Å². The lowest BCUT2D eigenvalue weighted by Gasteiger charge is -2.44. The summed E-state index contributed by atoms with van der Waals surface area (Å²) in [5.74, 6) is -0.283. The summed E-state index contributed by atoms with van der Waals surface area (Å²) in [6, 6.07) is 7.30. The minimum Gasteiger partial charge on any atom is -0.464 e. The van der Waals surface area contributed by atoms with Gasteiger partial charge in [0.15, 0.2) is 0 Å². The van der Waals surface area contributed by atoms with Crippen LogP contribution < -0.4 is 4.90 Å². The van der Waals surface area contributed by atoms with Crippen molar-refractivity contribution < 1.29 is 14.7 Å². The molecule has 118 valence electrons. The molecular weight excluding hydrogens is 280 g/mol. The Balaban J connectivity index is 1.99. The van der Waals surface area contributed by atoms with E-state index in [2.05, 4.69) is 25.7 Å². The summed E-state index contributed by atoms with van der Waals surface area (Å²) in [5.41, 5.74) is 0.798. The van der Waals surface area contributed by atoms with Crippen LogP contribution in [0.5, 0.6) is 0 Å². The van der Waals surface area contributed by atoms with Gasteiger partial charge in [0.1, 0.15) is 0 Å². The third-order valence-corrected chi connectivity index (χ3v) is 5.03. The maximum Gasteiger partial charge on any atom is 0.418 e. The monoisotopic (exact) mass is 302 g/mol. The fraction of sp³-hybridized carbons (Fsp3) is 0.529. The number of imide groups is 1. The van der Waals surface area contributed by atoms with E-state index in [0.717, 1.165) is 23.6 Å². The molecule has 2 amide bonds. The van der Waals surface area contributed by atoms with Crippen molar-refractivity contribution in [2.75, 3.05) is 18.0 Å². The Morgan fingerprint density at radius 1 is 1.18 bits per heavy atom. The largest absolute Gasteiger partial charge is 0.464 e. The number of carbonyl (C=O) groups excluding carboxylic acids is 1. The second-order valence-corrected chi connectivity index (χ2v) is 7.18. The molecule has 0 radical (unpaired) electrons. The van der Waals surface area contributed by atoms with Gasteiger partial charge in [0.05, 0.1) is 11.1 Å². The van der Waals surface area contributed by atoms with Gasteiger partial charge < -0.3 is 5.11 Å². The first-order valence-electron chi connectivity index (χ1n) is 7.69. The highest BCUT2D eigenvalue weighted by Gasteiger charge is 2.54. The van der Waals surface area contributed by atoms with Crippen molar-refractivity contribution >= 4 is 17.7 Å². The quantitative estimate of drug-likeness (QED) is 0.800. The van der Waals surface area contributed by atoms with Crippen LogP contribution in [0.2, 0.25) is 0 Å². The molecule has 2 heterocycles. The average Bonchev–Trinajstić information content (AvgIpc) is 2.69. The topological polar surface area (TPSA) is 60.9 Å². The molecule has 1 fully saturated rings. The maximum absolute atomic E-state index is 12.9. The number of anilines is 1. The molecular formula is C17H22N2O3. The number of piperidine rings is 1. The summed E-state index contributed by atoms with van der Waals surface area (Å²) in [4.78, 5) is 27.7. The van der Waals surface area contributed by atoms with Gasteiger partial charge in [0.25, 0.3) is 0 Å². The van der Waals surface area contributed by atoms with Crippen LogP contribution in [0.1, 0.15) is 39.2 Å². The Hall–Kier alpha value is -1.88. The standard InChI is InChI=1S/C17H22N2O3/c1-16(2,3)18-10-8-17(9-11-18)12-6-4-5-7-13(12)19(14(17)20)15(21)22/h4-7H,8-11H2,1-3H3,(H,21,22). The SMILES string of the molecule is CC(C)(C)N1CCC2(CC1)C(=O)N(C(=O)O)c1ccccc12. The first-order chi connectivity index (χ1) is 10.3. The predicted octanol–water partition coefficient (Wildman–Crippen LogP) is 2.84. The first kappa shape index (κ1) is 15.0. The van der Waals surface area contributed by atoms with Crippen LogP contribution in [-0.2, 0) is 10.2 Å². The van der Waals surface area contributed by atoms with E-state index in [1.807, 2.05) is 12.1 Å². The fourth-order valence-corrected chi connectivity index (χ4v) is 3.74. The van der Waals surface area contributed by atoms with Gasteiger partial charge in [0, 0.05) is 18.6 Å². The Labute approximate surface area is 130 Å². The minimum absolute atomic E-state index is 0.0647. The van der Waals surface area contributed by atoms with E-state index in [4.69, 9.17) is 0 Å². The van der Waals surface area contributed by atoms with Gasteiger partial charge in [-0.2, -0.15) is 0 Å². The van der Waals surface area contributed by atoms with Gasteiger partial charge >= 0.3 is 6.09 Å². The van der Waals surface area contributed by atoms with Gasteiger partial charge in [-0.1, -0.05) is 18.2 Å². The normalized spacial score (nSPS) is 21.2. The summed E-state index contributed by atoms with van der Waals surface area (Å²) < 4.78 is 0. The molecule has 0 bridgehead atoms. The number of rotatable bonds is 0. The highest BCUT2D eigenvalue weighted by atomic mass is 16.4. The molecule has 2 aliphatic heterocycles. The van der Waals surface area contributed by atoms with E-state index < -0.39 is 11.5 Å². The van der Waals surface area contributed by atoms with Crippen LogP contribution >= 0.6 is 0 Å². The van der Waals surface area contributed by atoms with Crippen molar-refractivity contribution in [2.45, 2.75) is 44.6 Å². The molecule has 0 aliphatic carbocycles. The Morgan fingerprint density at radius 2 is 1.77 bits per heavy atom. The van der Waals surface area contributed by atoms with E-state index >= 15 is 0 Å². The van der Waals surface area contributed by atoms with Crippen LogP contribution in [-0.4, -0.2) is 40.6 Å². The van der Waals surface area contributed by atoms with Crippen LogP contribution in [0.3, 0.4) is 0 Å². The Morgan fingerprint density at radius 3 is 2.32 bits per heavy atom. The number of carbonyl (C=O) groups is 2. The summed E-state index contributed by atoms with van der Waals surface area (Å²) in [6.07, 6.45) is 0.154. The molecule has 2 aliphatic rings. The van der Waals surface area contributed by atoms with Crippen molar-refractivity contribution in [1.82, 2.24) is 4.90 Å². The lowest BCUT2D eigenvalue weighted by molar-refractivity contribution is -0.125. The molecule has 1 aromatic rings. The number of likely N-dealkylation sites (tertiary alicyclic amines) is 1. The van der Waals surface area contributed by atoms with Crippen molar-refractivity contribution in [3.05, 3.63) is 29.8 Å². The van der Waals surface area contributed by atoms with E-state index in [1.54, 1.807) is 12.1 Å². The first-order valence-corrected chi connectivity index (χ1v) is 7.69. The fourth-order valence-electron chi connectivity index (χ4n) is 3.74. The predicted molar refractivity (Wildman–Crippen MR) is 84.2 cm³/mol. The molecule has 0 saturated carbocycles. The summed E-state index contributed by atoms with van der Waals surface area (Å²) in [5, 5.41) is 9.42. The van der Waals surface area contributed by atoms with Crippen LogP contribution in [0.4, 0.5) is 10.5 Å². The smallest absolute Gasteiger partial charge is 0.418 e. The highest BCUT2D eigenvalue weighted by molar-refractivity contribution is 6.20. The van der Waals surface area contributed by atoms with Crippen molar-refractivity contribution in [1.29, 1.82) is 0 Å². The molecule has 0 unspecified atom stereocenters. The highest BCUT2D eigenvalue weighted by Crippen LogP contribution is 2.48. The molecule has 0 aromatic heterocycles. The van der Waals surface area contributed by atoms with Gasteiger partial charge in [-0.15, -0.1) is 0 Å². The van der Waals surface area contributed by atoms with Crippen molar-refractivity contribution in [2.24, 2.45) is 0 Å². The van der Waals surface area contributed by atoms with E-state index in [-0.39, 0.29) is 11.4 Å². The van der Waals surface area contributed by atoms with Crippen molar-refractivity contribution in [3.63, 3.8) is 0 Å². The lowest BCUT2D eigenvalue weighted by Crippen LogP contribution is -2.53. The zero-order valence-corrected chi connectivity index (χ0v) is 13.3. The van der Waals surface area contributed by atoms with E-state index in [0.29, 0.717) is 18.5 Å². The molecule has 1 N–H and O–H groups in total. The van der Waals surface area contributed by atoms with Gasteiger partial charge in [-0.25, -0.2) is 9.69 Å². The molecule has 1 aromatic carbocycles. The van der Waals surface area contributed by atoms with Gasteiger partial charge in [-0.05, 0) is 45.2 Å². The second kappa shape index (κ2) is 4.81. The van der Waals surface area contributed by atoms with Gasteiger partial charge in [0.2, 0.25) is 5.91 Å². The molecule has 5 nitrogen and oxygen atoms in total. The average molecular weight is 302 g/mol. The zero-order chi connectivity index (χ0) is 16.1.